The molecular weight excluding hydrogens is 80.1 g/mol. The van der Waals surface area contributed by atoms with E-state index in [1.54, 1.807) is 0 Å². The van der Waals surface area contributed by atoms with Crippen LogP contribution in [0.2, 0.25) is 0 Å². The fourth-order valence-corrected chi connectivity index (χ4v) is 0.199. The van der Waals surface area contributed by atoms with Crippen LogP contribution in [0.15, 0.2) is 12.7 Å². The summed E-state index contributed by atoms with van der Waals surface area (Å²) < 4.78 is 0. The van der Waals surface area contributed by atoms with Gasteiger partial charge in [0.1, 0.15) is 0 Å². The standard InChI is InChI=1S/C2H2N4/c1-3-5-2-6-4-1/h1-2H/p+2. The second kappa shape index (κ2) is 1.40. The monoisotopic (exact) mass is 84.0 g/mol. The molecule has 0 fully saturated rings. The van der Waals surface area contributed by atoms with Gasteiger partial charge in [-0.2, -0.15) is 0 Å². The zero-order valence-corrected chi connectivity index (χ0v) is 3.05. The van der Waals surface area contributed by atoms with Gasteiger partial charge in [0.15, 0.2) is 0 Å². The third-order valence-electron chi connectivity index (χ3n) is 0.394. The minimum atomic E-state index is 1.39. The van der Waals surface area contributed by atoms with Crippen LogP contribution < -0.4 is 10.2 Å². The molecule has 4 nitrogen and oxygen atoms in total. The summed E-state index contributed by atoms with van der Waals surface area (Å²) in [5, 5.41) is 12.1. The Labute approximate surface area is 34.2 Å². The van der Waals surface area contributed by atoms with Crippen molar-refractivity contribution in [3.63, 3.8) is 0 Å². The third-order valence-corrected chi connectivity index (χ3v) is 0.394. The molecule has 6 heavy (non-hydrogen) atoms. The molecule has 1 aromatic rings. The molecule has 2 N–H and O–H groups in total. The van der Waals surface area contributed by atoms with E-state index in [9.17, 15) is 0 Å². The summed E-state index contributed by atoms with van der Waals surface area (Å²) in [5.41, 5.74) is 0. The zero-order valence-electron chi connectivity index (χ0n) is 3.05. The smallest absolute Gasteiger partial charge is 0.0445 e. The van der Waals surface area contributed by atoms with Crippen LogP contribution in [0.1, 0.15) is 0 Å². The number of nitrogens with zero attached hydrogens (tertiary/aromatic N) is 2. The highest BCUT2D eigenvalue weighted by Gasteiger charge is 1.76. The molecule has 30 valence electrons. The van der Waals surface area contributed by atoms with E-state index in [4.69, 9.17) is 0 Å². The van der Waals surface area contributed by atoms with Crippen molar-refractivity contribution in [1.82, 2.24) is 10.2 Å². The second-order valence-corrected chi connectivity index (χ2v) is 0.776. The normalized spacial score (nSPS) is 8.00. The third kappa shape index (κ3) is 0.453. The molecular formula is C2H4N4+2. The summed E-state index contributed by atoms with van der Waals surface area (Å²) in [6.45, 7) is 0. The van der Waals surface area contributed by atoms with Crippen molar-refractivity contribution in [2.24, 2.45) is 0 Å². The van der Waals surface area contributed by atoms with Crippen molar-refractivity contribution >= 4 is 0 Å². The van der Waals surface area contributed by atoms with E-state index in [1.807, 2.05) is 0 Å². The average Bonchev–Trinajstić information content (AvgIpc) is 1.72. The molecule has 0 saturated carbocycles. The summed E-state index contributed by atoms with van der Waals surface area (Å²) in [4.78, 5) is 0. The van der Waals surface area contributed by atoms with Crippen LogP contribution in [0.3, 0.4) is 0 Å². The molecule has 0 bridgehead atoms. The number of H-pyrrole nitrogens is 2. The maximum atomic E-state index is 3.52. The van der Waals surface area contributed by atoms with Crippen LogP contribution in [0.25, 0.3) is 0 Å². The van der Waals surface area contributed by atoms with Crippen LogP contribution in [0.5, 0.6) is 0 Å². The van der Waals surface area contributed by atoms with E-state index in [2.05, 4.69) is 20.4 Å². The number of aromatic amines is 2. The summed E-state index contributed by atoms with van der Waals surface area (Å²) in [5.74, 6) is 0. The van der Waals surface area contributed by atoms with Gasteiger partial charge in [0, 0.05) is 10.2 Å². The molecule has 0 radical (unpaired) electrons. The highest BCUT2D eigenvalue weighted by atomic mass is 15.2. The molecule has 0 atom stereocenters. The van der Waals surface area contributed by atoms with Gasteiger partial charge >= 0.3 is 6.33 Å². The van der Waals surface area contributed by atoms with Crippen LogP contribution in [0.4, 0.5) is 0 Å². The fourth-order valence-electron chi connectivity index (χ4n) is 0.199. The number of rotatable bonds is 0. The van der Waals surface area contributed by atoms with E-state index >= 15 is 0 Å². The first-order chi connectivity index (χ1) is 3.00. The molecule has 1 rings (SSSR count). The van der Waals surface area contributed by atoms with Gasteiger partial charge in [0.25, 0.3) is 0 Å². The molecule has 0 aliphatic heterocycles. The lowest BCUT2D eigenvalue weighted by atomic mass is 11.3. The van der Waals surface area contributed by atoms with Crippen LogP contribution in [-0.2, 0) is 0 Å². The second-order valence-electron chi connectivity index (χ2n) is 0.776. The molecule has 0 amide bonds. The lowest BCUT2D eigenvalue weighted by molar-refractivity contribution is -0.606. The largest absolute Gasteiger partial charge is 0.453 e. The first kappa shape index (κ1) is 3.14. The quantitative estimate of drug-likeness (QED) is 0.369. The lowest BCUT2D eigenvalue weighted by Crippen LogP contribution is -2.20. The summed E-state index contributed by atoms with van der Waals surface area (Å²) in [7, 11) is 0. The van der Waals surface area contributed by atoms with Crippen molar-refractivity contribution in [2.45, 2.75) is 0 Å². The maximum Gasteiger partial charge on any atom is 0.453 e. The number of hydrogen-bond acceptors (Lipinski definition) is 2. The van der Waals surface area contributed by atoms with Crippen LogP contribution in [-0.4, -0.2) is 10.2 Å². The first-order valence-electron chi connectivity index (χ1n) is 1.54. The van der Waals surface area contributed by atoms with Gasteiger partial charge in [-0.3, -0.25) is 0 Å². The van der Waals surface area contributed by atoms with E-state index in [-0.39, 0.29) is 0 Å². The van der Waals surface area contributed by atoms with E-state index in [1.165, 1.54) is 12.7 Å². The Morgan fingerprint density at radius 3 is 2.00 bits per heavy atom. The van der Waals surface area contributed by atoms with Crippen LogP contribution >= 0.6 is 0 Å². The van der Waals surface area contributed by atoms with Crippen molar-refractivity contribution in [1.29, 1.82) is 0 Å². The van der Waals surface area contributed by atoms with E-state index in [0.29, 0.717) is 0 Å². The Morgan fingerprint density at radius 2 is 1.83 bits per heavy atom. The number of aromatic nitrogens is 4. The molecule has 1 aromatic heterocycles. The van der Waals surface area contributed by atoms with Crippen LogP contribution in [0, 0.1) is 0 Å². The van der Waals surface area contributed by atoms with E-state index in [0.717, 1.165) is 0 Å². The molecule has 4 heteroatoms. The van der Waals surface area contributed by atoms with Gasteiger partial charge in [-0.15, -0.1) is 0 Å². The molecule has 0 aliphatic carbocycles. The molecule has 0 unspecified atom stereocenters. The van der Waals surface area contributed by atoms with Crippen molar-refractivity contribution < 1.29 is 10.2 Å². The zero-order chi connectivity index (χ0) is 4.24. The Kier molecular flexibility index (Phi) is 0.731. The van der Waals surface area contributed by atoms with Gasteiger partial charge in [-0.05, 0) is 10.2 Å². The van der Waals surface area contributed by atoms with Crippen molar-refractivity contribution in [3.8, 4) is 0 Å². The summed E-state index contributed by atoms with van der Waals surface area (Å²) in [6.07, 6.45) is 2.92. The van der Waals surface area contributed by atoms with Gasteiger partial charge < -0.3 is 0 Å². The minimum absolute atomic E-state index is 1.39. The average molecular weight is 84.1 g/mol. The highest BCUT2D eigenvalue weighted by Crippen LogP contribution is 1.33. The molecule has 0 spiro atoms. The molecule has 0 aliphatic rings. The first-order valence-corrected chi connectivity index (χ1v) is 1.54. The number of hydrogen-bond donors (Lipinski definition) is 0. The Bertz CT molecular complexity index is 77.5. The Morgan fingerprint density at radius 1 is 1.17 bits per heavy atom. The lowest BCUT2D eigenvalue weighted by Gasteiger charge is -1.54. The minimum Gasteiger partial charge on any atom is -0.0445 e. The topological polar surface area (TPSA) is 54.1 Å². The summed E-state index contributed by atoms with van der Waals surface area (Å²) >= 11 is 0. The van der Waals surface area contributed by atoms with Crippen molar-refractivity contribution in [3.05, 3.63) is 12.7 Å². The fraction of sp³-hybridized carbons (Fsp3) is 0. The van der Waals surface area contributed by atoms with E-state index < -0.39 is 0 Å². The van der Waals surface area contributed by atoms with Gasteiger partial charge in [0.2, 0.25) is 6.33 Å². The summed E-state index contributed by atoms with van der Waals surface area (Å²) in [6, 6.07) is 0. The molecule has 0 saturated heterocycles. The maximum absolute atomic E-state index is 3.52. The SMILES string of the molecule is c1n[nH+]c[nH+]n1. The Balaban J connectivity index is 3.00. The Hall–Kier alpha value is -1.06. The molecule has 1 heterocycles. The van der Waals surface area contributed by atoms with Gasteiger partial charge in [0.05, 0.1) is 0 Å². The van der Waals surface area contributed by atoms with Gasteiger partial charge in [-0.1, -0.05) is 0 Å². The molecule has 0 aromatic carbocycles. The highest BCUT2D eigenvalue weighted by molar-refractivity contribution is 4.15. The predicted molar refractivity (Wildman–Crippen MR) is 15.1 cm³/mol. The van der Waals surface area contributed by atoms with Gasteiger partial charge in [-0.25, -0.2) is 0 Å². The predicted octanol–water partition coefficient (Wildman–Crippen LogP) is -1.90. The number of nitrogens with one attached hydrogen (secondary N) is 2. The van der Waals surface area contributed by atoms with Crippen molar-refractivity contribution in [2.75, 3.05) is 0 Å².